The quantitative estimate of drug-likeness (QED) is 0.609. The number of benzene rings is 1. The number of thiazole rings is 1. The molecule has 1 unspecified atom stereocenters. The van der Waals surface area contributed by atoms with Gasteiger partial charge in [-0.25, -0.2) is 9.98 Å². The summed E-state index contributed by atoms with van der Waals surface area (Å²) >= 11 is 1.60. The number of ether oxygens (including phenoxy) is 1. The van der Waals surface area contributed by atoms with Crippen molar-refractivity contribution in [1.82, 2.24) is 15.2 Å². The number of alkyl halides is 3. The Hall–Kier alpha value is -2.13. The number of guanidine groups is 1. The van der Waals surface area contributed by atoms with Gasteiger partial charge in [-0.3, -0.25) is 0 Å². The van der Waals surface area contributed by atoms with Crippen molar-refractivity contribution in [2.24, 2.45) is 4.99 Å². The summed E-state index contributed by atoms with van der Waals surface area (Å²) in [7, 11) is 0. The Labute approximate surface area is 166 Å². The second kappa shape index (κ2) is 8.91. The van der Waals surface area contributed by atoms with Gasteiger partial charge < -0.3 is 15.0 Å². The van der Waals surface area contributed by atoms with Crippen LogP contribution in [0.15, 0.2) is 35.5 Å². The van der Waals surface area contributed by atoms with Crippen LogP contribution in [-0.2, 0) is 17.5 Å². The predicted octanol–water partition coefficient (Wildman–Crippen LogP) is 4.01. The third-order valence-electron chi connectivity index (χ3n) is 4.32. The molecule has 1 fully saturated rings. The molecule has 5 nitrogen and oxygen atoms in total. The SMILES string of the molecule is CCNC(=NCc1ncc(C)s1)N1CCOC(c2cccc(C(F)(F)F)c2)C1. The summed E-state index contributed by atoms with van der Waals surface area (Å²) in [6.07, 6.45) is -2.99. The fourth-order valence-electron chi connectivity index (χ4n) is 3.00. The molecule has 0 amide bonds. The van der Waals surface area contributed by atoms with Gasteiger partial charge in [0.15, 0.2) is 5.96 Å². The fraction of sp³-hybridized carbons (Fsp3) is 0.474. The van der Waals surface area contributed by atoms with Crippen LogP contribution in [-0.4, -0.2) is 42.1 Å². The summed E-state index contributed by atoms with van der Waals surface area (Å²) in [5, 5.41) is 4.18. The molecular formula is C19H23F3N4OS. The van der Waals surface area contributed by atoms with Gasteiger partial charge in [-0.15, -0.1) is 11.3 Å². The number of nitrogens with zero attached hydrogens (tertiary/aromatic N) is 3. The number of hydrogen-bond donors (Lipinski definition) is 1. The highest BCUT2D eigenvalue weighted by Gasteiger charge is 2.32. The van der Waals surface area contributed by atoms with E-state index in [9.17, 15) is 13.2 Å². The first-order valence-electron chi connectivity index (χ1n) is 9.10. The standard InChI is InChI=1S/C19H23F3N4OS/c1-3-23-18(25-11-17-24-10-13(2)28-17)26-7-8-27-16(12-26)14-5-4-6-15(9-14)19(20,21)22/h4-6,9-10,16H,3,7-8,11-12H2,1-2H3,(H,23,25). The van der Waals surface area contributed by atoms with Crippen molar-refractivity contribution >= 4 is 17.3 Å². The highest BCUT2D eigenvalue weighted by Crippen LogP contribution is 2.32. The number of rotatable bonds is 4. The van der Waals surface area contributed by atoms with E-state index in [4.69, 9.17) is 4.74 Å². The van der Waals surface area contributed by atoms with E-state index in [1.165, 1.54) is 6.07 Å². The fourth-order valence-corrected chi connectivity index (χ4v) is 3.71. The minimum absolute atomic E-state index is 0.418. The van der Waals surface area contributed by atoms with Crippen molar-refractivity contribution < 1.29 is 17.9 Å². The van der Waals surface area contributed by atoms with Crippen molar-refractivity contribution in [2.75, 3.05) is 26.2 Å². The molecular weight excluding hydrogens is 389 g/mol. The van der Waals surface area contributed by atoms with Crippen LogP contribution in [0.5, 0.6) is 0 Å². The lowest BCUT2D eigenvalue weighted by molar-refractivity contribution is -0.137. The van der Waals surface area contributed by atoms with E-state index in [2.05, 4.69) is 15.3 Å². The highest BCUT2D eigenvalue weighted by atomic mass is 32.1. The number of morpholine rings is 1. The Kier molecular flexibility index (Phi) is 6.56. The van der Waals surface area contributed by atoms with Crippen molar-refractivity contribution in [3.05, 3.63) is 51.5 Å². The summed E-state index contributed by atoms with van der Waals surface area (Å²) in [5.74, 6) is 0.718. The number of aromatic nitrogens is 1. The number of halogens is 3. The summed E-state index contributed by atoms with van der Waals surface area (Å²) in [5.41, 5.74) is -0.142. The molecule has 1 aromatic heterocycles. The van der Waals surface area contributed by atoms with Crippen molar-refractivity contribution in [3.8, 4) is 0 Å². The maximum absolute atomic E-state index is 13.0. The van der Waals surface area contributed by atoms with E-state index in [1.54, 1.807) is 17.4 Å². The molecule has 1 aliphatic heterocycles. The van der Waals surface area contributed by atoms with Crippen molar-refractivity contribution in [3.63, 3.8) is 0 Å². The lowest BCUT2D eigenvalue weighted by Crippen LogP contribution is -2.48. The van der Waals surface area contributed by atoms with Gasteiger partial charge in [-0.05, 0) is 31.5 Å². The molecule has 1 saturated heterocycles. The van der Waals surface area contributed by atoms with Gasteiger partial charge in [0.2, 0.25) is 0 Å². The van der Waals surface area contributed by atoms with Crippen molar-refractivity contribution in [2.45, 2.75) is 32.7 Å². The molecule has 0 aliphatic carbocycles. The van der Waals surface area contributed by atoms with Crippen LogP contribution < -0.4 is 5.32 Å². The van der Waals surface area contributed by atoms with Crippen LogP contribution in [0.3, 0.4) is 0 Å². The molecule has 0 spiro atoms. The Balaban J connectivity index is 1.74. The molecule has 28 heavy (non-hydrogen) atoms. The van der Waals surface area contributed by atoms with Crippen LogP contribution in [0.2, 0.25) is 0 Å². The van der Waals surface area contributed by atoms with Crippen LogP contribution >= 0.6 is 11.3 Å². The van der Waals surface area contributed by atoms with E-state index in [0.717, 1.165) is 28.0 Å². The second-order valence-corrected chi connectivity index (χ2v) is 7.78. The van der Waals surface area contributed by atoms with E-state index in [-0.39, 0.29) is 0 Å². The Bertz CT molecular complexity index is 822. The van der Waals surface area contributed by atoms with E-state index >= 15 is 0 Å². The number of hydrogen-bond acceptors (Lipinski definition) is 4. The van der Waals surface area contributed by atoms with Gasteiger partial charge >= 0.3 is 6.18 Å². The minimum atomic E-state index is -4.37. The third-order valence-corrected chi connectivity index (χ3v) is 5.22. The largest absolute Gasteiger partial charge is 0.416 e. The van der Waals surface area contributed by atoms with Crippen LogP contribution in [0.1, 0.15) is 34.0 Å². The van der Waals surface area contributed by atoms with Gasteiger partial charge in [0.05, 0.1) is 25.3 Å². The topological polar surface area (TPSA) is 49.8 Å². The van der Waals surface area contributed by atoms with Gasteiger partial charge in [0.25, 0.3) is 0 Å². The smallest absolute Gasteiger partial charge is 0.370 e. The predicted molar refractivity (Wildman–Crippen MR) is 103 cm³/mol. The van der Waals surface area contributed by atoms with E-state index in [0.29, 0.717) is 38.3 Å². The molecule has 1 N–H and O–H groups in total. The second-order valence-electron chi connectivity index (χ2n) is 6.46. The first-order chi connectivity index (χ1) is 13.4. The highest BCUT2D eigenvalue weighted by molar-refractivity contribution is 7.11. The Morgan fingerprint density at radius 1 is 1.43 bits per heavy atom. The zero-order valence-corrected chi connectivity index (χ0v) is 16.6. The molecule has 2 heterocycles. The first-order valence-corrected chi connectivity index (χ1v) is 9.91. The van der Waals surface area contributed by atoms with Gasteiger partial charge in [0, 0.05) is 24.2 Å². The molecule has 0 saturated carbocycles. The Morgan fingerprint density at radius 3 is 2.93 bits per heavy atom. The summed E-state index contributed by atoms with van der Waals surface area (Å²) in [4.78, 5) is 12.1. The zero-order chi connectivity index (χ0) is 20.1. The number of aryl methyl sites for hydroxylation is 1. The molecule has 2 aromatic rings. The Morgan fingerprint density at radius 2 is 2.25 bits per heavy atom. The van der Waals surface area contributed by atoms with Crippen molar-refractivity contribution in [1.29, 1.82) is 0 Å². The summed E-state index contributed by atoms with van der Waals surface area (Å²) in [6.45, 7) is 6.61. The zero-order valence-electron chi connectivity index (χ0n) is 15.8. The maximum Gasteiger partial charge on any atom is 0.416 e. The monoisotopic (exact) mass is 412 g/mol. The normalized spacial score (nSPS) is 18.4. The summed E-state index contributed by atoms with van der Waals surface area (Å²) < 4.78 is 44.8. The van der Waals surface area contributed by atoms with E-state index < -0.39 is 17.8 Å². The molecule has 0 radical (unpaired) electrons. The molecule has 3 rings (SSSR count). The molecule has 1 aliphatic rings. The lowest BCUT2D eigenvalue weighted by atomic mass is 10.0. The number of nitrogens with one attached hydrogen (secondary N) is 1. The summed E-state index contributed by atoms with van der Waals surface area (Å²) in [6, 6.07) is 5.33. The van der Waals surface area contributed by atoms with Gasteiger partial charge in [0.1, 0.15) is 11.1 Å². The van der Waals surface area contributed by atoms with Gasteiger partial charge in [-0.2, -0.15) is 13.2 Å². The molecule has 1 aromatic carbocycles. The maximum atomic E-state index is 13.0. The van der Waals surface area contributed by atoms with Crippen LogP contribution in [0.4, 0.5) is 13.2 Å². The van der Waals surface area contributed by atoms with Crippen LogP contribution in [0.25, 0.3) is 0 Å². The average molecular weight is 412 g/mol. The average Bonchev–Trinajstić information content (AvgIpc) is 3.10. The van der Waals surface area contributed by atoms with Crippen LogP contribution in [0, 0.1) is 6.92 Å². The van der Waals surface area contributed by atoms with E-state index in [1.807, 2.05) is 24.9 Å². The third kappa shape index (κ3) is 5.23. The number of aliphatic imine (C=N–C) groups is 1. The molecule has 1 atom stereocenters. The molecule has 0 bridgehead atoms. The molecule has 9 heteroatoms. The molecule has 152 valence electrons. The minimum Gasteiger partial charge on any atom is -0.370 e. The lowest BCUT2D eigenvalue weighted by Gasteiger charge is -2.35. The first kappa shape index (κ1) is 20.6. The van der Waals surface area contributed by atoms with Gasteiger partial charge in [-0.1, -0.05) is 12.1 Å².